The molecule has 13 heavy (non-hydrogen) atoms. The number of carbonyl (C=O) groups is 1. The molecule has 0 bridgehead atoms. The van der Waals surface area contributed by atoms with Crippen molar-refractivity contribution in [3.8, 4) is 0 Å². The molecular formula is C11H11NO. The van der Waals surface area contributed by atoms with Crippen LogP contribution >= 0.6 is 0 Å². The van der Waals surface area contributed by atoms with E-state index in [1.807, 2.05) is 25.1 Å². The van der Waals surface area contributed by atoms with Crippen molar-refractivity contribution in [1.29, 1.82) is 0 Å². The van der Waals surface area contributed by atoms with Crippen LogP contribution in [0.2, 0.25) is 0 Å². The maximum absolute atomic E-state index is 11.3. The molecule has 1 aromatic rings. The van der Waals surface area contributed by atoms with Gasteiger partial charge in [0.25, 0.3) is 0 Å². The zero-order chi connectivity index (χ0) is 9.42. The second kappa shape index (κ2) is 2.80. The molecule has 0 fully saturated rings. The Bertz CT molecular complexity index is 405. The number of aliphatic imine (C=N–C) groups is 1. The zero-order valence-electron chi connectivity index (χ0n) is 7.79. The molecule has 66 valence electrons. The van der Waals surface area contributed by atoms with Gasteiger partial charge in [0, 0.05) is 17.7 Å². The van der Waals surface area contributed by atoms with E-state index in [9.17, 15) is 4.79 Å². The summed E-state index contributed by atoms with van der Waals surface area (Å²) in [4.78, 5) is 15.6. The van der Waals surface area contributed by atoms with Gasteiger partial charge in [-0.3, -0.25) is 9.79 Å². The molecule has 0 aliphatic carbocycles. The lowest BCUT2D eigenvalue weighted by molar-refractivity contribution is 0.101. The Morgan fingerprint density at radius 1 is 1.46 bits per heavy atom. The highest BCUT2D eigenvalue weighted by molar-refractivity contribution is 6.01. The smallest absolute Gasteiger partial charge is 0.160 e. The first-order valence-electron chi connectivity index (χ1n) is 4.35. The summed E-state index contributed by atoms with van der Waals surface area (Å²) in [7, 11) is 0. The lowest BCUT2D eigenvalue weighted by atomic mass is 10.0. The van der Waals surface area contributed by atoms with Crippen molar-refractivity contribution >= 4 is 17.2 Å². The summed E-state index contributed by atoms with van der Waals surface area (Å²) >= 11 is 0. The summed E-state index contributed by atoms with van der Waals surface area (Å²) in [6.45, 7) is 3.59. The van der Waals surface area contributed by atoms with Crippen molar-refractivity contribution in [1.82, 2.24) is 0 Å². The third kappa shape index (κ3) is 1.28. The van der Waals surface area contributed by atoms with Gasteiger partial charge >= 0.3 is 0 Å². The molecule has 0 amide bonds. The minimum Gasteiger partial charge on any atom is -0.294 e. The predicted octanol–water partition coefficient (Wildman–Crippen LogP) is 2.54. The Hall–Kier alpha value is -1.44. The quantitative estimate of drug-likeness (QED) is 0.600. The number of rotatable bonds is 1. The van der Waals surface area contributed by atoms with Crippen LogP contribution in [0.1, 0.15) is 29.8 Å². The van der Waals surface area contributed by atoms with Crippen LogP contribution in [0.15, 0.2) is 23.2 Å². The standard InChI is InChI=1S/C11H11NO/c1-7-6-10-9(8(2)13)4-3-5-11(10)12-7/h3-5H,6H2,1-2H3. The van der Waals surface area contributed by atoms with E-state index in [1.54, 1.807) is 6.92 Å². The van der Waals surface area contributed by atoms with Crippen LogP contribution in [-0.2, 0) is 6.42 Å². The lowest BCUT2D eigenvalue weighted by Crippen LogP contribution is -1.99. The Kier molecular flexibility index (Phi) is 1.76. The fraction of sp³-hybridized carbons (Fsp3) is 0.273. The highest BCUT2D eigenvalue weighted by Gasteiger charge is 2.16. The fourth-order valence-electron chi connectivity index (χ4n) is 1.70. The van der Waals surface area contributed by atoms with Gasteiger partial charge in [0.1, 0.15) is 0 Å². The molecule has 1 aromatic carbocycles. The van der Waals surface area contributed by atoms with E-state index >= 15 is 0 Å². The lowest BCUT2D eigenvalue weighted by Gasteiger charge is -2.02. The summed E-state index contributed by atoms with van der Waals surface area (Å²) in [6.07, 6.45) is 0.824. The topological polar surface area (TPSA) is 29.4 Å². The average molecular weight is 173 g/mol. The Labute approximate surface area is 77.3 Å². The van der Waals surface area contributed by atoms with E-state index in [0.717, 1.165) is 28.9 Å². The molecule has 1 heterocycles. The molecule has 2 heteroatoms. The van der Waals surface area contributed by atoms with Crippen molar-refractivity contribution in [3.05, 3.63) is 29.3 Å². The van der Waals surface area contributed by atoms with Crippen LogP contribution in [0.25, 0.3) is 0 Å². The van der Waals surface area contributed by atoms with Crippen molar-refractivity contribution in [2.75, 3.05) is 0 Å². The molecule has 0 saturated carbocycles. The number of hydrogen-bond acceptors (Lipinski definition) is 2. The number of hydrogen-bond donors (Lipinski definition) is 0. The largest absolute Gasteiger partial charge is 0.294 e. The summed E-state index contributed by atoms with van der Waals surface area (Å²) in [5, 5.41) is 0. The van der Waals surface area contributed by atoms with Gasteiger partial charge in [0.2, 0.25) is 0 Å². The molecule has 1 aliphatic rings. The summed E-state index contributed by atoms with van der Waals surface area (Å²) in [5.74, 6) is 0.127. The molecule has 0 radical (unpaired) electrons. The Morgan fingerprint density at radius 3 is 2.92 bits per heavy atom. The van der Waals surface area contributed by atoms with Gasteiger partial charge in [0.15, 0.2) is 5.78 Å². The van der Waals surface area contributed by atoms with Gasteiger partial charge in [-0.1, -0.05) is 12.1 Å². The first-order valence-corrected chi connectivity index (χ1v) is 4.35. The summed E-state index contributed by atoms with van der Waals surface area (Å²) in [6, 6.07) is 5.71. The first-order chi connectivity index (χ1) is 6.18. The summed E-state index contributed by atoms with van der Waals surface area (Å²) < 4.78 is 0. The SMILES string of the molecule is CC(=O)c1cccc2c1CC(C)=N2. The van der Waals surface area contributed by atoms with Crippen LogP contribution in [0.5, 0.6) is 0 Å². The second-order valence-electron chi connectivity index (χ2n) is 3.38. The third-order valence-electron chi connectivity index (χ3n) is 2.27. The first kappa shape index (κ1) is 8.17. The van der Waals surface area contributed by atoms with E-state index < -0.39 is 0 Å². The molecule has 2 nitrogen and oxygen atoms in total. The second-order valence-corrected chi connectivity index (χ2v) is 3.38. The molecule has 0 aromatic heterocycles. The van der Waals surface area contributed by atoms with Gasteiger partial charge in [0.05, 0.1) is 5.69 Å². The third-order valence-corrected chi connectivity index (χ3v) is 2.27. The Morgan fingerprint density at radius 2 is 2.23 bits per heavy atom. The molecule has 0 saturated heterocycles. The molecule has 0 N–H and O–H groups in total. The van der Waals surface area contributed by atoms with Crippen molar-refractivity contribution in [2.45, 2.75) is 20.3 Å². The summed E-state index contributed by atoms with van der Waals surface area (Å²) in [5.41, 5.74) is 3.96. The van der Waals surface area contributed by atoms with E-state index in [2.05, 4.69) is 4.99 Å². The van der Waals surface area contributed by atoms with Gasteiger partial charge in [-0.2, -0.15) is 0 Å². The number of benzene rings is 1. The van der Waals surface area contributed by atoms with Crippen LogP contribution < -0.4 is 0 Å². The zero-order valence-corrected chi connectivity index (χ0v) is 7.79. The highest BCUT2D eigenvalue weighted by atomic mass is 16.1. The fourth-order valence-corrected chi connectivity index (χ4v) is 1.70. The van der Waals surface area contributed by atoms with E-state index in [1.165, 1.54) is 0 Å². The van der Waals surface area contributed by atoms with Crippen LogP contribution in [0, 0.1) is 0 Å². The van der Waals surface area contributed by atoms with Crippen molar-refractivity contribution in [2.24, 2.45) is 4.99 Å². The minimum absolute atomic E-state index is 0.127. The molecular weight excluding hydrogens is 162 g/mol. The maximum atomic E-state index is 11.3. The molecule has 2 rings (SSSR count). The van der Waals surface area contributed by atoms with Crippen LogP contribution in [0.4, 0.5) is 5.69 Å². The Balaban J connectivity index is 2.57. The number of nitrogens with zero attached hydrogens (tertiary/aromatic N) is 1. The monoisotopic (exact) mass is 173 g/mol. The average Bonchev–Trinajstić information content (AvgIpc) is 2.43. The molecule has 1 aliphatic heterocycles. The maximum Gasteiger partial charge on any atom is 0.160 e. The van der Waals surface area contributed by atoms with Gasteiger partial charge in [-0.05, 0) is 25.5 Å². The van der Waals surface area contributed by atoms with E-state index in [-0.39, 0.29) is 5.78 Å². The van der Waals surface area contributed by atoms with Gasteiger partial charge in [-0.15, -0.1) is 0 Å². The van der Waals surface area contributed by atoms with E-state index in [0.29, 0.717) is 0 Å². The van der Waals surface area contributed by atoms with Gasteiger partial charge < -0.3 is 0 Å². The van der Waals surface area contributed by atoms with Crippen molar-refractivity contribution < 1.29 is 4.79 Å². The minimum atomic E-state index is 0.127. The normalized spacial score (nSPS) is 13.8. The van der Waals surface area contributed by atoms with Crippen LogP contribution in [-0.4, -0.2) is 11.5 Å². The predicted molar refractivity (Wildman–Crippen MR) is 52.9 cm³/mol. The molecule has 0 spiro atoms. The molecule has 0 unspecified atom stereocenters. The van der Waals surface area contributed by atoms with Gasteiger partial charge in [-0.25, -0.2) is 0 Å². The number of ketones is 1. The number of carbonyl (C=O) groups excluding carboxylic acids is 1. The number of Topliss-reactive ketones (excluding diaryl/α,β-unsaturated/α-hetero) is 1. The van der Waals surface area contributed by atoms with E-state index in [4.69, 9.17) is 0 Å². The van der Waals surface area contributed by atoms with Crippen LogP contribution in [0.3, 0.4) is 0 Å². The number of fused-ring (bicyclic) bond motifs is 1. The molecule has 0 atom stereocenters. The van der Waals surface area contributed by atoms with Crippen molar-refractivity contribution in [3.63, 3.8) is 0 Å². The highest BCUT2D eigenvalue weighted by Crippen LogP contribution is 2.29.